The van der Waals surface area contributed by atoms with Crippen LogP contribution in [0.15, 0.2) is 18.2 Å². The molecule has 0 unspecified atom stereocenters. The highest BCUT2D eigenvalue weighted by molar-refractivity contribution is 5.82. The number of methoxy groups -OCH3 is 2. The van der Waals surface area contributed by atoms with Gasteiger partial charge in [0, 0.05) is 12.0 Å². The van der Waals surface area contributed by atoms with Crippen molar-refractivity contribution in [2.75, 3.05) is 20.8 Å². The fourth-order valence-electron chi connectivity index (χ4n) is 1.85. The summed E-state index contributed by atoms with van der Waals surface area (Å²) >= 11 is 0. The molecule has 4 heteroatoms. The van der Waals surface area contributed by atoms with E-state index in [0.717, 1.165) is 12.0 Å². The Balaban J connectivity index is 2.59. The zero-order valence-corrected chi connectivity index (χ0v) is 13.9. The van der Waals surface area contributed by atoms with Gasteiger partial charge in [-0.05, 0) is 30.0 Å². The molecular weight excluding hydrogens is 266 g/mol. The molecule has 0 radical (unpaired) electrons. The van der Waals surface area contributed by atoms with E-state index in [1.165, 1.54) is 0 Å². The van der Waals surface area contributed by atoms with Gasteiger partial charge in [-0.25, -0.2) is 0 Å². The molecule has 0 atom stereocenters. The van der Waals surface area contributed by atoms with Crippen molar-refractivity contribution in [2.24, 2.45) is 11.3 Å². The number of carbonyl (C=O) groups is 1. The second kappa shape index (κ2) is 7.34. The van der Waals surface area contributed by atoms with Crippen molar-refractivity contribution < 1.29 is 14.3 Å². The summed E-state index contributed by atoms with van der Waals surface area (Å²) in [5.41, 5.74) is 0.757. The van der Waals surface area contributed by atoms with Gasteiger partial charge in [0.2, 0.25) is 5.91 Å². The number of amides is 1. The predicted octanol–water partition coefficient (Wildman–Crippen LogP) is 3.04. The zero-order valence-electron chi connectivity index (χ0n) is 13.9. The van der Waals surface area contributed by atoms with E-state index < -0.39 is 0 Å². The van der Waals surface area contributed by atoms with Crippen molar-refractivity contribution in [1.82, 2.24) is 5.32 Å². The molecular formula is C17H27NO3. The summed E-state index contributed by atoms with van der Waals surface area (Å²) in [4.78, 5) is 12.2. The molecule has 1 aromatic carbocycles. The van der Waals surface area contributed by atoms with Crippen molar-refractivity contribution in [1.29, 1.82) is 0 Å². The molecule has 1 aromatic rings. The Morgan fingerprint density at radius 3 is 2.33 bits per heavy atom. The van der Waals surface area contributed by atoms with E-state index in [2.05, 4.69) is 19.2 Å². The monoisotopic (exact) mass is 293 g/mol. The summed E-state index contributed by atoms with van der Waals surface area (Å²) < 4.78 is 10.5. The Morgan fingerprint density at radius 2 is 1.81 bits per heavy atom. The minimum absolute atomic E-state index is 0.0953. The summed E-state index contributed by atoms with van der Waals surface area (Å²) in [5, 5.41) is 3.01. The van der Waals surface area contributed by atoms with Gasteiger partial charge < -0.3 is 14.8 Å². The van der Waals surface area contributed by atoms with Gasteiger partial charge in [0.25, 0.3) is 0 Å². The van der Waals surface area contributed by atoms with Crippen LogP contribution in [0.3, 0.4) is 0 Å². The second-order valence-corrected chi connectivity index (χ2v) is 6.07. The number of benzene rings is 1. The minimum Gasteiger partial charge on any atom is -0.493 e. The van der Waals surface area contributed by atoms with Crippen LogP contribution in [0.5, 0.6) is 11.5 Å². The van der Waals surface area contributed by atoms with E-state index in [1.54, 1.807) is 14.2 Å². The Morgan fingerprint density at radius 1 is 1.19 bits per heavy atom. The number of carbonyl (C=O) groups excluding carboxylic acids is 1. The largest absolute Gasteiger partial charge is 0.493 e. The average molecular weight is 293 g/mol. The summed E-state index contributed by atoms with van der Waals surface area (Å²) in [6, 6.07) is 5.81. The third-order valence-corrected chi connectivity index (χ3v) is 4.18. The third-order valence-electron chi connectivity index (χ3n) is 4.18. The van der Waals surface area contributed by atoms with Gasteiger partial charge in [-0.1, -0.05) is 33.8 Å². The Bertz CT molecular complexity index is 481. The van der Waals surface area contributed by atoms with Gasteiger partial charge in [0.15, 0.2) is 11.5 Å². The molecule has 0 bridgehead atoms. The van der Waals surface area contributed by atoms with Crippen LogP contribution < -0.4 is 14.8 Å². The normalized spacial score (nSPS) is 11.4. The van der Waals surface area contributed by atoms with Crippen LogP contribution in [0.25, 0.3) is 0 Å². The fourth-order valence-corrected chi connectivity index (χ4v) is 1.85. The van der Waals surface area contributed by atoms with Crippen molar-refractivity contribution in [3.8, 4) is 11.5 Å². The predicted molar refractivity (Wildman–Crippen MR) is 84.9 cm³/mol. The van der Waals surface area contributed by atoms with Crippen molar-refractivity contribution in [3.63, 3.8) is 0 Å². The van der Waals surface area contributed by atoms with Crippen LogP contribution in [-0.2, 0) is 11.2 Å². The minimum atomic E-state index is -0.350. The molecule has 4 nitrogen and oxygen atoms in total. The van der Waals surface area contributed by atoms with E-state index in [0.29, 0.717) is 24.0 Å². The highest BCUT2D eigenvalue weighted by Crippen LogP contribution is 2.28. The Labute approximate surface area is 127 Å². The maximum Gasteiger partial charge on any atom is 0.225 e. The van der Waals surface area contributed by atoms with Gasteiger partial charge in [-0.2, -0.15) is 0 Å². The lowest BCUT2D eigenvalue weighted by Gasteiger charge is -2.27. The summed E-state index contributed by atoms with van der Waals surface area (Å²) in [5.74, 6) is 1.83. The smallest absolute Gasteiger partial charge is 0.225 e. The van der Waals surface area contributed by atoms with Crippen LogP contribution in [0.4, 0.5) is 0 Å². The van der Waals surface area contributed by atoms with Gasteiger partial charge in [-0.3, -0.25) is 4.79 Å². The van der Waals surface area contributed by atoms with Gasteiger partial charge in [0.05, 0.1) is 14.2 Å². The number of hydrogen-bond donors (Lipinski definition) is 1. The zero-order chi connectivity index (χ0) is 16.0. The first-order valence-electron chi connectivity index (χ1n) is 7.32. The fraction of sp³-hybridized carbons (Fsp3) is 0.588. The molecule has 0 aliphatic heterocycles. The number of ether oxygens (including phenoxy) is 2. The van der Waals surface area contributed by atoms with Gasteiger partial charge in [0.1, 0.15) is 0 Å². The van der Waals surface area contributed by atoms with E-state index in [1.807, 2.05) is 32.0 Å². The Kier molecular flexibility index (Phi) is 6.06. The third kappa shape index (κ3) is 4.38. The quantitative estimate of drug-likeness (QED) is 0.840. The molecule has 0 aromatic heterocycles. The van der Waals surface area contributed by atoms with Gasteiger partial charge >= 0.3 is 0 Å². The molecule has 0 heterocycles. The van der Waals surface area contributed by atoms with E-state index >= 15 is 0 Å². The highest BCUT2D eigenvalue weighted by atomic mass is 16.5. The van der Waals surface area contributed by atoms with E-state index in [4.69, 9.17) is 9.47 Å². The first-order chi connectivity index (χ1) is 9.82. The molecule has 0 saturated carbocycles. The number of nitrogens with one attached hydrogen (secondary N) is 1. The molecule has 0 fully saturated rings. The topological polar surface area (TPSA) is 47.6 Å². The molecule has 0 spiro atoms. The first kappa shape index (κ1) is 17.3. The summed E-state index contributed by atoms with van der Waals surface area (Å²) in [6.07, 6.45) is 0.764. The molecule has 1 N–H and O–H groups in total. The number of hydrogen-bond acceptors (Lipinski definition) is 3. The van der Waals surface area contributed by atoms with Crippen LogP contribution in [0, 0.1) is 11.3 Å². The van der Waals surface area contributed by atoms with E-state index in [-0.39, 0.29) is 11.3 Å². The molecule has 0 aliphatic rings. The molecule has 21 heavy (non-hydrogen) atoms. The van der Waals surface area contributed by atoms with Crippen molar-refractivity contribution in [2.45, 2.75) is 34.1 Å². The van der Waals surface area contributed by atoms with Crippen LogP contribution in [0.2, 0.25) is 0 Å². The standard InChI is InChI=1S/C17H27NO3/c1-12(2)17(3,4)16(19)18-10-9-13-7-8-14(20-5)15(11-13)21-6/h7-8,11-12H,9-10H2,1-6H3,(H,18,19). The average Bonchev–Trinajstić information content (AvgIpc) is 2.46. The lowest BCUT2D eigenvalue weighted by Crippen LogP contribution is -2.41. The maximum atomic E-state index is 12.2. The SMILES string of the molecule is COc1ccc(CCNC(=O)C(C)(C)C(C)C)cc1OC. The maximum absolute atomic E-state index is 12.2. The second-order valence-electron chi connectivity index (χ2n) is 6.07. The molecule has 0 saturated heterocycles. The van der Waals surface area contributed by atoms with Crippen molar-refractivity contribution in [3.05, 3.63) is 23.8 Å². The lowest BCUT2D eigenvalue weighted by molar-refractivity contribution is -0.131. The molecule has 0 aliphatic carbocycles. The van der Waals surface area contributed by atoms with Crippen LogP contribution in [-0.4, -0.2) is 26.7 Å². The molecule has 1 rings (SSSR count). The van der Waals surface area contributed by atoms with Crippen LogP contribution in [0.1, 0.15) is 33.3 Å². The summed E-state index contributed by atoms with van der Waals surface area (Å²) in [7, 11) is 3.24. The summed E-state index contributed by atoms with van der Waals surface area (Å²) in [6.45, 7) is 8.69. The van der Waals surface area contributed by atoms with Gasteiger partial charge in [-0.15, -0.1) is 0 Å². The highest BCUT2D eigenvalue weighted by Gasteiger charge is 2.30. The molecule has 118 valence electrons. The first-order valence-corrected chi connectivity index (χ1v) is 7.32. The van der Waals surface area contributed by atoms with Crippen molar-refractivity contribution >= 4 is 5.91 Å². The number of rotatable bonds is 7. The molecule has 1 amide bonds. The Hall–Kier alpha value is -1.71. The van der Waals surface area contributed by atoms with Crippen LogP contribution >= 0.6 is 0 Å². The van der Waals surface area contributed by atoms with E-state index in [9.17, 15) is 4.79 Å². The lowest BCUT2D eigenvalue weighted by atomic mass is 9.80.